The Hall–Kier alpha value is -2.66. The molecule has 0 aliphatic carbocycles. The minimum Gasteiger partial charge on any atom is -0.351 e. The van der Waals surface area contributed by atoms with Crippen molar-refractivity contribution in [1.82, 2.24) is 19.8 Å². The van der Waals surface area contributed by atoms with Gasteiger partial charge in [-0.15, -0.1) is 0 Å². The van der Waals surface area contributed by atoms with E-state index < -0.39 is 0 Å². The zero-order valence-corrected chi connectivity index (χ0v) is 16.6. The first-order valence-electron chi connectivity index (χ1n) is 10.2. The van der Waals surface area contributed by atoms with Gasteiger partial charge in [-0.3, -0.25) is 9.69 Å². The Bertz CT molecular complexity index is 923. The number of fused-ring (bicyclic) bond motifs is 1. The Labute approximate surface area is 166 Å². The maximum Gasteiger partial charge on any atom is 0.254 e. The molecule has 1 aliphatic heterocycles. The Morgan fingerprint density at radius 1 is 1.11 bits per heavy atom. The summed E-state index contributed by atoms with van der Waals surface area (Å²) >= 11 is 0. The van der Waals surface area contributed by atoms with Gasteiger partial charge in [-0.05, 0) is 22.8 Å². The van der Waals surface area contributed by atoms with Crippen molar-refractivity contribution in [2.24, 2.45) is 5.92 Å². The van der Waals surface area contributed by atoms with Crippen molar-refractivity contribution >= 4 is 16.7 Å². The summed E-state index contributed by atoms with van der Waals surface area (Å²) in [6.07, 6.45) is 4.86. The molecule has 5 nitrogen and oxygen atoms in total. The molecule has 1 aromatic heterocycles. The second-order valence-electron chi connectivity index (χ2n) is 7.68. The van der Waals surface area contributed by atoms with Crippen molar-refractivity contribution in [2.45, 2.75) is 26.3 Å². The molecule has 2 heterocycles. The molecule has 2 aromatic carbocycles. The number of hydrogen-bond acceptors (Lipinski definition) is 3. The van der Waals surface area contributed by atoms with Crippen molar-refractivity contribution in [3.63, 3.8) is 0 Å². The van der Waals surface area contributed by atoms with Gasteiger partial charge in [0.25, 0.3) is 5.91 Å². The summed E-state index contributed by atoms with van der Waals surface area (Å²) in [5.74, 6) is 0.653. The number of piperazine rings is 1. The Balaban J connectivity index is 1.49. The average Bonchev–Trinajstić information content (AvgIpc) is 3.27. The van der Waals surface area contributed by atoms with E-state index in [0.717, 1.165) is 54.6 Å². The molecule has 0 bridgehead atoms. The van der Waals surface area contributed by atoms with E-state index in [1.807, 2.05) is 41.4 Å². The number of benzene rings is 2. The van der Waals surface area contributed by atoms with Crippen LogP contribution in [0, 0.1) is 5.92 Å². The molecule has 0 saturated carbocycles. The lowest BCUT2D eigenvalue weighted by atomic mass is 9.94. The zero-order chi connectivity index (χ0) is 19.5. The van der Waals surface area contributed by atoms with Gasteiger partial charge < -0.3 is 9.88 Å². The highest BCUT2D eigenvalue weighted by Gasteiger charge is 2.31. The van der Waals surface area contributed by atoms with Gasteiger partial charge in [-0.1, -0.05) is 56.7 Å². The summed E-state index contributed by atoms with van der Waals surface area (Å²) in [5, 5.41) is 2.15. The summed E-state index contributed by atoms with van der Waals surface area (Å²) < 4.78 is 0. The first-order valence-corrected chi connectivity index (χ1v) is 10.2. The maximum atomic E-state index is 13.2. The fourth-order valence-corrected chi connectivity index (χ4v) is 4.28. The van der Waals surface area contributed by atoms with Gasteiger partial charge in [0.15, 0.2) is 0 Å². The van der Waals surface area contributed by atoms with Crippen LogP contribution >= 0.6 is 0 Å². The zero-order valence-electron chi connectivity index (χ0n) is 16.6. The molecule has 1 fully saturated rings. The monoisotopic (exact) mass is 376 g/mol. The van der Waals surface area contributed by atoms with Crippen LogP contribution in [0.3, 0.4) is 0 Å². The quantitative estimate of drug-likeness (QED) is 0.729. The van der Waals surface area contributed by atoms with E-state index in [2.05, 4.69) is 40.8 Å². The molecule has 0 radical (unpaired) electrons. The first kappa shape index (κ1) is 18.7. The number of rotatable bonds is 5. The number of aromatic amines is 1. The van der Waals surface area contributed by atoms with Crippen molar-refractivity contribution in [3.05, 3.63) is 66.2 Å². The third kappa shape index (κ3) is 3.54. The van der Waals surface area contributed by atoms with E-state index in [-0.39, 0.29) is 5.91 Å². The van der Waals surface area contributed by atoms with Crippen LogP contribution in [0.1, 0.15) is 42.4 Å². The second-order valence-corrected chi connectivity index (χ2v) is 7.68. The summed E-state index contributed by atoms with van der Waals surface area (Å²) in [6, 6.07) is 14.4. The van der Waals surface area contributed by atoms with Crippen LogP contribution < -0.4 is 0 Å². The van der Waals surface area contributed by atoms with E-state index in [1.54, 1.807) is 6.33 Å². The minimum atomic E-state index is 0.135. The van der Waals surface area contributed by atoms with E-state index >= 15 is 0 Å². The van der Waals surface area contributed by atoms with Crippen molar-refractivity contribution in [2.75, 3.05) is 26.2 Å². The highest BCUT2D eigenvalue weighted by atomic mass is 16.2. The number of hydrogen-bond donors (Lipinski definition) is 1. The first-order chi connectivity index (χ1) is 13.7. The van der Waals surface area contributed by atoms with E-state index in [4.69, 9.17) is 0 Å². The Kier molecular flexibility index (Phi) is 5.44. The van der Waals surface area contributed by atoms with Crippen molar-refractivity contribution in [1.29, 1.82) is 0 Å². The van der Waals surface area contributed by atoms with Crippen LogP contribution in [0.5, 0.6) is 0 Å². The molecule has 1 unspecified atom stereocenters. The second kappa shape index (κ2) is 8.15. The largest absolute Gasteiger partial charge is 0.351 e. The smallest absolute Gasteiger partial charge is 0.254 e. The SMILES string of the molecule is CC[C@H](C)C(c1c[nH]cn1)N1CCN(C(=O)c2cccc3ccccc23)CC1. The Morgan fingerprint density at radius 3 is 2.57 bits per heavy atom. The lowest BCUT2D eigenvalue weighted by molar-refractivity contribution is 0.0489. The van der Waals surface area contributed by atoms with Gasteiger partial charge in [0, 0.05) is 37.9 Å². The molecule has 5 heteroatoms. The maximum absolute atomic E-state index is 13.2. The van der Waals surface area contributed by atoms with E-state index in [9.17, 15) is 4.79 Å². The molecular weight excluding hydrogens is 348 g/mol. The number of carbonyl (C=O) groups is 1. The molecule has 0 spiro atoms. The highest BCUT2D eigenvalue weighted by Crippen LogP contribution is 2.30. The predicted molar refractivity (Wildman–Crippen MR) is 112 cm³/mol. The number of imidazole rings is 1. The Morgan fingerprint density at radius 2 is 1.86 bits per heavy atom. The van der Waals surface area contributed by atoms with E-state index in [1.165, 1.54) is 0 Å². The molecule has 2 atom stereocenters. The molecule has 1 N–H and O–H groups in total. The van der Waals surface area contributed by atoms with Gasteiger partial charge in [-0.25, -0.2) is 4.98 Å². The standard InChI is InChI=1S/C23H28N4O/c1-3-17(2)22(21-15-24-16-25-21)26-11-13-27(14-12-26)23(28)20-10-6-8-18-7-4-5-9-19(18)20/h4-10,15-17,22H,3,11-14H2,1-2H3,(H,24,25)/t17-,22?/m0/s1. The molecule has 146 valence electrons. The molecular formula is C23H28N4O. The van der Waals surface area contributed by atoms with Gasteiger partial charge in [-0.2, -0.15) is 0 Å². The predicted octanol–water partition coefficient (Wildman–Crippen LogP) is 4.11. The van der Waals surface area contributed by atoms with Crippen LogP contribution in [0.4, 0.5) is 0 Å². The number of nitrogens with one attached hydrogen (secondary N) is 1. The van der Waals surface area contributed by atoms with Crippen LogP contribution in [0.2, 0.25) is 0 Å². The molecule has 28 heavy (non-hydrogen) atoms. The normalized spacial score (nSPS) is 17.6. The molecule has 4 rings (SSSR count). The number of nitrogens with zero attached hydrogens (tertiary/aromatic N) is 3. The molecule has 1 amide bonds. The van der Waals surface area contributed by atoms with Gasteiger partial charge in [0.2, 0.25) is 0 Å². The fraction of sp³-hybridized carbons (Fsp3) is 0.391. The van der Waals surface area contributed by atoms with Crippen LogP contribution in [-0.4, -0.2) is 51.9 Å². The topological polar surface area (TPSA) is 52.2 Å². The molecule has 1 saturated heterocycles. The van der Waals surface area contributed by atoms with Crippen LogP contribution in [0.25, 0.3) is 10.8 Å². The third-order valence-corrected chi connectivity index (χ3v) is 6.02. The lowest BCUT2D eigenvalue weighted by Crippen LogP contribution is -2.50. The number of amides is 1. The summed E-state index contributed by atoms with van der Waals surface area (Å²) in [7, 11) is 0. The van der Waals surface area contributed by atoms with E-state index in [0.29, 0.717) is 12.0 Å². The molecule has 1 aliphatic rings. The van der Waals surface area contributed by atoms with Gasteiger partial charge in [0.05, 0.1) is 18.1 Å². The minimum absolute atomic E-state index is 0.135. The number of aromatic nitrogens is 2. The third-order valence-electron chi connectivity index (χ3n) is 6.02. The number of carbonyl (C=O) groups excluding carboxylic acids is 1. The lowest BCUT2D eigenvalue weighted by Gasteiger charge is -2.41. The summed E-state index contributed by atoms with van der Waals surface area (Å²) in [5.41, 5.74) is 1.90. The fourth-order valence-electron chi connectivity index (χ4n) is 4.28. The van der Waals surface area contributed by atoms with Crippen molar-refractivity contribution < 1.29 is 4.79 Å². The summed E-state index contributed by atoms with van der Waals surface area (Å²) in [6.45, 7) is 7.76. The summed E-state index contributed by atoms with van der Waals surface area (Å²) in [4.78, 5) is 25.3. The number of H-pyrrole nitrogens is 1. The van der Waals surface area contributed by atoms with Crippen LogP contribution in [-0.2, 0) is 0 Å². The highest BCUT2D eigenvalue weighted by molar-refractivity contribution is 6.07. The van der Waals surface area contributed by atoms with Gasteiger partial charge >= 0.3 is 0 Å². The average molecular weight is 377 g/mol. The van der Waals surface area contributed by atoms with Crippen molar-refractivity contribution in [3.8, 4) is 0 Å². The van der Waals surface area contributed by atoms with Crippen LogP contribution in [0.15, 0.2) is 55.0 Å². The van der Waals surface area contributed by atoms with Gasteiger partial charge in [0.1, 0.15) is 0 Å². The molecule has 3 aromatic rings.